The number of halogens is 3. The number of hydrogen-bond acceptors (Lipinski definition) is 4. The van der Waals surface area contributed by atoms with Gasteiger partial charge in [-0.05, 0) is 30.2 Å². The first-order chi connectivity index (χ1) is 13.3. The number of para-hydroxylation sites is 1. The summed E-state index contributed by atoms with van der Waals surface area (Å²) in [7, 11) is 0. The van der Waals surface area contributed by atoms with Crippen molar-refractivity contribution in [1.29, 1.82) is 0 Å². The number of ether oxygens (including phenoxy) is 1. The van der Waals surface area contributed by atoms with E-state index < -0.39 is 23.3 Å². The van der Waals surface area contributed by atoms with Crippen LogP contribution in [0.5, 0.6) is 0 Å². The third-order valence-electron chi connectivity index (χ3n) is 4.58. The van der Waals surface area contributed by atoms with E-state index in [1.54, 1.807) is 24.4 Å². The molecule has 1 aliphatic heterocycles. The van der Waals surface area contributed by atoms with Crippen molar-refractivity contribution in [1.82, 2.24) is 9.97 Å². The number of benzene rings is 1. The third-order valence-corrected chi connectivity index (χ3v) is 4.58. The molecule has 3 aromatic rings. The lowest BCUT2D eigenvalue weighted by Gasteiger charge is -2.16. The summed E-state index contributed by atoms with van der Waals surface area (Å²) in [6.07, 6.45) is -3.65. The quantitative estimate of drug-likeness (QED) is 0.690. The molecule has 2 aromatic heterocycles. The Balaban J connectivity index is 2.02. The number of fused-ring (bicyclic) bond motifs is 2. The second-order valence-electron chi connectivity index (χ2n) is 6.86. The maximum absolute atomic E-state index is 13.4. The Morgan fingerprint density at radius 2 is 1.96 bits per heavy atom. The Morgan fingerprint density at radius 3 is 2.61 bits per heavy atom. The second-order valence-corrected chi connectivity index (χ2v) is 6.86. The number of hydrogen-bond donors (Lipinski definition) is 1. The molecule has 28 heavy (non-hydrogen) atoms. The second kappa shape index (κ2) is 6.47. The van der Waals surface area contributed by atoms with Gasteiger partial charge in [0.15, 0.2) is 5.82 Å². The molecule has 5 nitrogen and oxygen atoms in total. The van der Waals surface area contributed by atoms with Gasteiger partial charge in [0.1, 0.15) is 11.7 Å². The molecule has 1 aromatic carbocycles. The summed E-state index contributed by atoms with van der Waals surface area (Å²) in [5, 5.41) is -0.0599. The number of aliphatic imine (C=N–C) groups is 1. The van der Waals surface area contributed by atoms with E-state index in [9.17, 15) is 18.0 Å². The van der Waals surface area contributed by atoms with Gasteiger partial charge < -0.3 is 9.72 Å². The highest BCUT2D eigenvalue weighted by atomic mass is 19.4. The molecule has 1 aliphatic rings. The van der Waals surface area contributed by atoms with Crippen LogP contribution in [0.1, 0.15) is 36.8 Å². The van der Waals surface area contributed by atoms with Gasteiger partial charge in [0.2, 0.25) is 11.3 Å². The zero-order valence-electron chi connectivity index (χ0n) is 15.0. The van der Waals surface area contributed by atoms with Crippen molar-refractivity contribution in [2.24, 2.45) is 10.9 Å². The van der Waals surface area contributed by atoms with Crippen molar-refractivity contribution in [2.45, 2.75) is 26.1 Å². The predicted molar refractivity (Wildman–Crippen MR) is 98.7 cm³/mol. The van der Waals surface area contributed by atoms with Gasteiger partial charge in [-0.15, -0.1) is 0 Å². The van der Waals surface area contributed by atoms with E-state index in [4.69, 9.17) is 4.74 Å². The fraction of sp³-hybridized carbons (Fsp3) is 0.250. The zero-order chi connectivity index (χ0) is 20.1. The highest BCUT2D eigenvalue weighted by molar-refractivity contribution is 6.02. The molecule has 0 fully saturated rings. The molecule has 1 N–H and O–H groups in total. The van der Waals surface area contributed by atoms with Crippen LogP contribution >= 0.6 is 0 Å². The molecule has 1 atom stereocenters. The van der Waals surface area contributed by atoms with Crippen LogP contribution < -0.4 is 5.43 Å². The fourth-order valence-corrected chi connectivity index (χ4v) is 3.31. The standard InChI is InChI=1S/C20H16F3N3O2/c1-10(2)18-16-14(19(28-18)25-13-8-3-4-9-24-13)17(27)11-6-5-7-12(15(11)26-16)20(21,22)23/h3-10,18H,1-2H3,(H,26,27). The Kier molecular flexibility index (Phi) is 4.21. The van der Waals surface area contributed by atoms with Crippen molar-refractivity contribution in [3.63, 3.8) is 0 Å². The average molecular weight is 387 g/mol. The van der Waals surface area contributed by atoms with Gasteiger partial charge in [0.05, 0.1) is 16.8 Å². The van der Waals surface area contributed by atoms with Crippen molar-refractivity contribution in [3.05, 3.63) is 69.6 Å². The van der Waals surface area contributed by atoms with E-state index >= 15 is 0 Å². The first kappa shape index (κ1) is 18.2. The number of nitrogens with one attached hydrogen (secondary N) is 1. The van der Waals surface area contributed by atoms with Gasteiger partial charge in [-0.3, -0.25) is 4.79 Å². The molecule has 3 heterocycles. The van der Waals surface area contributed by atoms with Crippen molar-refractivity contribution in [2.75, 3.05) is 0 Å². The lowest BCUT2D eigenvalue weighted by molar-refractivity contribution is -0.136. The molecule has 1 unspecified atom stereocenters. The molecule has 0 saturated carbocycles. The Bertz CT molecular complexity index is 1140. The highest BCUT2D eigenvalue weighted by Gasteiger charge is 2.38. The first-order valence-electron chi connectivity index (χ1n) is 8.70. The molecule has 0 amide bonds. The first-order valence-corrected chi connectivity index (χ1v) is 8.70. The number of pyridine rings is 2. The molecule has 8 heteroatoms. The minimum absolute atomic E-state index is 0.0599. The van der Waals surface area contributed by atoms with E-state index in [-0.39, 0.29) is 28.3 Å². The van der Waals surface area contributed by atoms with Crippen LogP contribution in [0.25, 0.3) is 10.9 Å². The maximum Gasteiger partial charge on any atom is 0.418 e. The number of alkyl halides is 3. The van der Waals surface area contributed by atoms with Crippen LogP contribution in [-0.4, -0.2) is 15.9 Å². The van der Waals surface area contributed by atoms with Crippen molar-refractivity contribution < 1.29 is 17.9 Å². The fourth-order valence-electron chi connectivity index (χ4n) is 3.31. The number of aromatic amines is 1. The van der Waals surface area contributed by atoms with E-state index in [2.05, 4.69) is 15.0 Å². The highest BCUT2D eigenvalue weighted by Crippen LogP contribution is 2.38. The SMILES string of the molecule is CC(C)C1OC(=Nc2ccccn2)c2c1[nH]c1c(C(F)(F)F)cccc1c2=O. The molecule has 0 aliphatic carbocycles. The smallest absolute Gasteiger partial charge is 0.418 e. The van der Waals surface area contributed by atoms with Crippen LogP contribution in [0.3, 0.4) is 0 Å². The molecular weight excluding hydrogens is 371 g/mol. The van der Waals surface area contributed by atoms with E-state index in [0.29, 0.717) is 11.5 Å². The van der Waals surface area contributed by atoms with Crippen LogP contribution in [0, 0.1) is 5.92 Å². The number of nitrogens with zero attached hydrogens (tertiary/aromatic N) is 2. The number of aromatic nitrogens is 2. The Morgan fingerprint density at radius 1 is 1.18 bits per heavy atom. The van der Waals surface area contributed by atoms with Crippen molar-refractivity contribution >= 4 is 22.6 Å². The lowest BCUT2D eigenvalue weighted by Crippen LogP contribution is -2.18. The molecule has 0 bridgehead atoms. The molecule has 0 radical (unpaired) electrons. The van der Waals surface area contributed by atoms with E-state index in [1.165, 1.54) is 12.1 Å². The largest absolute Gasteiger partial charge is 0.467 e. The number of H-pyrrole nitrogens is 1. The minimum atomic E-state index is -4.59. The van der Waals surface area contributed by atoms with Gasteiger partial charge in [0.25, 0.3) is 0 Å². The zero-order valence-corrected chi connectivity index (χ0v) is 15.0. The van der Waals surface area contributed by atoms with Crippen LogP contribution in [0.2, 0.25) is 0 Å². The van der Waals surface area contributed by atoms with Gasteiger partial charge in [-0.2, -0.15) is 18.2 Å². The van der Waals surface area contributed by atoms with Gasteiger partial charge in [-0.25, -0.2) is 4.98 Å². The lowest BCUT2D eigenvalue weighted by atomic mass is 9.99. The van der Waals surface area contributed by atoms with E-state index in [1.807, 2.05) is 13.8 Å². The average Bonchev–Trinajstić information content (AvgIpc) is 3.00. The summed E-state index contributed by atoms with van der Waals surface area (Å²) >= 11 is 0. The molecule has 4 rings (SSSR count). The maximum atomic E-state index is 13.4. The molecular formula is C20H16F3N3O2. The Labute approximate surface area is 157 Å². The van der Waals surface area contributed by atoms with Crippen LogP contribution in [0.15, 0.2) is 52.4 Å². The molecule has 0 saturated heterocycles. The topological polar surface area (TPSA) is 67.3 Å². The predicted octanol–water partition coefficient (Wildman–Crippen LogP) is 4.75. The Hall–Kier alpha value is -3.16. The summed E-state index contributed by atoms with van der Waals surface area (Å²) in [6.45, 7) is 3.71. The van der Waals surface area contributed by atoms with Gasteiger partial charge in [0, 0.05) is 11.6 Å². The summed E-state index contributed by atoms with van der Waals surface area (Å²) < 4.78 is 46.2. The minimum Gasteiger partial charge on any atom is -0.467 e. The summed E-state index contributed by atoms with van der Waals surface area (Å²) in [5.74, 6) is 0.311. The van der Waals surface area contributed by atoms with Gasteiger partial charge >= 0.3 is 6.18 Å². The normalized spacial score (nSPS) is 17.9. The van der Waals surface area contributed by atoms with Gasteiger partial charge in [-0.1, -0.05) is 26.0 Å². The third kappa shape index (κ3) is 2.94. The molecule has 144 valence electrons. The van der Waals surface area contributed by atoms with E-state index in [0.717, 1.165) is 6.07 Å². The number of rotatable bonds is 2. The summed E-state index contributed by atoms with van der Waals surface area (Å²) in [5.41, 5.74) is -1.22. The summed E-state index contributed by atoms with van der Waals surface area (Å²) in [6, 6.07) is 8.65. The van der Waals surface area contributed by atoms with Crippen molar-refractivity contribution in [3.8, 4) is 0 Å². The molecule has 0 spiro atoms. The monoisotopic (exact) mass is 387 g/mol. The van der Waals surface area contributed by atoms with Crippen LogP contribution in [-0.2, 0) is 10.9 Å². The summed E-state index contributed by atoms with van der Waals surface area (Å²) in [4.78, 5) is 24.3. The van der Waals surface area contributed by atoms with Crippen LogP contribution in [0.4, 0.5) is 19.0 Å².